The average Bonchev–Trinajstić information content (AvgIpc) is 3.10. The summed E-state index contributed by atoms with van der Waals surface area (Å²) in [5.74, 6) is -1.17. The van der Waals surface area contributed by atoms with Crippen molar-refractivity contribution in [2.45, 2.75) is 32.9 Å². The largest absolute Gasteiger partial charge is 0.477 e. The predicted octanol–water partition coefficient (Wildman–Crippen LogP) is 0.683. The molecule has 0 aliphatic carbocycles. The standard InChI is InChI=1S/C14H19N5O3/c1-11-3-7-16-18(11)9-2-6-15-13(20)5-10-19-12(14(21)22)4-8-17-19/h3-4,7-8H,2,5-6,9-10H2,1H3,(H,15,20)(H,21,22). The van der Waals surface area contributed by atoms with E-state index >= 15 is 0 Å². The Labute approximate surface area is 127 Å². The van der Waals surface area contributed by atoms with Crippen molar-refractivity contribution in [2.24, 2.45) is 0 Å². The molecule has 0 bridgehead atoms. The van der Waals surface area contributed by atoms with Crippen LogP contribution in [0.3, 0.4) is 0 Å². The van der Waals surface area contributed by atoms with E-state index in [1.807, 2.05) is 17.7 Å². The molecule has 0 aliphatic rings. The number of carboxylic acids is 1. The van der Waals surface area contributed by atoms with Crippen molar-refractivity contribution in [3.63, 3.8) is 0 Å². The van der Waals surface area contributed by atoms with Crippen LogP contribution < -0.4 is 5.32 Å². The van der Waals surface area contributed by atoms with Gasteiger partial charge in [-0.15, -0.1) is 0 Å². The molecule has 0 aromatic carbocycles. The van der Waals surface area contributed by atoms with Gasteiger partial charge in [-0.05, 0) is 25.5 Å². The van der Waals surface area contributed by atoms with Crippen molar-refractivity contribution in [3.8, 4) is 0 Å². The van der Waals surface area contributed by atoms with Crippen LogP contribution >= 0.6 is 0 Å². The number of nitrogens with zero attached hydrogens (tertiary/aromatic N) is 4. The molecule has 0 saturated carbocycles. The van der Waals surface area contributed by atoms with Crippen LogP contribution in [0.2, 0.25) is 0 Å². The monoisotopic (exact) mass is 305 g/mol. The number of carbonyl (C=O) groups excluding carboxylic acids is 1. The van der Waals surface area contributed by atoms with E-state index in [4.69, 9.17) is 5.11 Å². The van der Waals surface area contributed by atoms with E-state index < -0.39 is 5.97 Å². The summed E-state index contributed by atoms with van der Waals surface area (Å²) in [5.41, 5.74) is 1.17. The Hall–Kier alpha value is -2.64. The first-order valence-corrected chi connectivity index (χ1v) is 7.08. The molecular weight excluding hydrogens is 286 g/mol. The van der Waals surface area contributed by atoms with Crippen LogP contribution in [0, 0.1) is 6.92 Å². The summed E-state index contributed by atoms with van der Waals surface area (Å²) in [6.07, 6.45) is 4.14. The number of amides is 1. The number of hydrogen-bond donors (Lipinski definition) is 2. The molecule has 8 heteroatoms. The lowest BCUT2D eigenvalue weighted by atomic mass is 10.3. The first-order valence-electron chi connectivity index (χ1n) is 7.08. The lowest BCUT2D eigenvalue weighted by Crippen LogP contribution is -2.27. The molecule has 2 N–H and O–H groups in total. The van der Waals surface area contributed by atoms with Gasteiger partial charge in [-0.3, -0.25) is 14.2 Å². The van der Waals surface area contributed by atoms with Crippen LogP contribution in [0.25, 0.3) is 0 Å². The lowest BCUT2D eigenvalue weighted by Gasteiger charge is -2.07. The maximum Gasteiger partial charge on any atom is 0.354 e. The number of aryl methyl sites for hydroxylation is 3. The first kappa shape index (κ1) is 15.7. The topological polar surface area (TPSA) is 102 Å². The highest BCUT2D eigenvalue weighted by atomic mass is 16.4. The fourth-order valence-electron chi connectivity index (χ4n) is 2.08. The van der Waals surface area contributed by atoms with E-state index in [2.05, 4.69) is 15.5 Å². The number of aromatic carboxylic acids is 1. The molecule has 2 heterocycles. The van der Waals surface area contributed by atoms with E-state index in [-0.39, 0.29) is 24.6 Å². The number of nitrogens with one attached hydrogen (secondary N) is 1. The maximum atomic E-state index is 11.7. The molecule has 22 heavy (non-hydrogen) atoms. The fourth-order valence-corrected chi connectivity index (χ4v) is 2.08. The molecule has 0 unspecified atom stereocenters. The second kappa shape index (κ2) is 7.39. The molecular formula is C14H19N5O3. The second-order valence-corrected chi connectivity index (χ2v) is 4.89. The minimum atomic E-state index is -1.05. The van der Waals surface area contributed by atoms with E-state index in [1.165, 1.54) is 16.9 Å². The Morgan fingerprint density at radius 3 is 2.59 bits per heavy atom. The van der Waals surface area contributed by atoms with Crippen molar-refractivity contribution < 1.29 is 14.7 Å². The zero-order valence-electron chi connectivity index (χ0n) is 12.4. The number of hydrogen-bond acceptors (Lipinski definition) is 4. The molecule has 2 rings (SSSR count). The molecule has 0 radical (unpaired) electrons. The van der Waals surface area contributed by atoms with Crippen LogP contribution in [0.1, 0.15) is 29.0 Å². The quantitative estimate of drug-likeness (QED) is 0.698. The summed E-state index contributed by atoms with van der Waals surface area (Å²) in [6, 6.07) is 3.34. The van der Waals surface area contributed by atoms with Crippen molar-refractivity contribution >= 4 is 11.9 Å². The van der Waals surface area contributed by atoms with Gasteiger partial charge in [-0.25, -0.2) is 4.79 Å². The molecule has 0 spiro atoms. The molecule has 0 saturated heterocycles. The summed E-state index contributed by atoms with van der Waals surface area (Å²) in [5, 5.41) is 19.8. The van der Waals surface area contributed by atoms with Gasteiger partial charge in [-0.2, -0.15) is 10.2 Å². The number of carbonyl (C=O) groups is 2. The number of rotatable bonds is 8. The Morgan fingerprint density at radius 2 is 1.91 bits per heavy atom. The van der Waals surface area contributed by atoms with Crippen LogP contribution in [0.15, 0.2) is 24.5 Å². The molecule has 2 aromatic rings. The smallest absolute Gasteiger partial charge is 0.354 e. The van der Waals surface area contributed by atoms with Crippen LogP contribution in [-0.4, -0.2) is 43.1 Å². The van der Waals surface area contributed by atoms with E-state index in [1.54, 1.807) is 6.20 Å². The zero-order valence-corrected chi connectivity index (χ0v) is 12.4. The Morgan fingerprint density at radius 1 is 1.18 bits per heavy atom. The average molecular weight is 305 g/mol. The molecule has 0 aliphatic heterocycles. The minimum absolute atomic E-state index is 0.0851. The highest BCUT2D eigenvalue weighted by Crippen LogP contribution is 2.00. The maximum absolute atomic E-state index is 11.7. The third kappa shape index (κ3) is 4.18. The predicted molar refractivity (Wildman–Crippen MR) is 78.4 cm³/mol. The SMILES string of the molecule is Cc1ccnn1CCCNC(=O)CCn1nccc1C(=O)O. The highest BCUT2D eigenvalue weighted by Gasteiger charge is 2.11. The van der Waals surface area contributed by atoms with E-state index in [0.717, 1.165) is 18.7 Å². The van der Waals surface area contributed by atoms with Crippen molar-refractivity contribution in [1.82, 2.24) is 24.9 Å². The number of aromatic nitrogens is 4. The van der Waals surface area contributed by atoms with Crippen LogP contribution in [-0.2, 0) is 17.9 Å². The normalized spacial score (nSPS) is 10.6. The molecule has 118 valence electrons. The fraction of sp³-hybridized carbons (Fsp3) is 0.429. The molecule has 1 amide bonds. The van der Waals surface area contributed by atoms with Crippen LogP contribution in [0.5, 0.6) is 0 Å². The Kier molecular flexibility index (Phi) is 5.29. The molecule has 0 fully saturated rings. The first-order chi connectivity index (χ1) is 10.6. The summed E-state index contributed by atoms with van der Waals surface area (Å²) in [6.45, 7) is 3.54. The van der Waals surface area contributed by atoms with Crippen molar-refractivity contribution in [1.29, 1.82) is 0 Å². The van der Waals surface area contributed by atoms with Crippen molar-refractivity contribution in [3.05, 3.63) is 35.9 Å². The van der Waals surface area contributed by atoms with Gasteiger partial charge >= 0.3 is 5.97 Å². The van der Waals surface area contributed by atoms with Gasteiger partial charge < -0.3 is 10.4 Å². The summed E-state index contributed by atoms with van der Waals surface area (Å²) < 4.78 is 3.20. The van der Waals surface area contributed by atoms with E-state index in [0.29, 0.717) is 6.54 Å². The molecule has 0 atom stereocenters. The van der Waals surface area contributed by atoms with Crippen molar-refractivity contribution in [2.75, 3.05) is 6.54 Å². The molecule has 8 nitrogen and oxygen atoms in total. The van der Waals surface area contributed by atoms with Gasteiger partial charge in [0.2, 0.25) is 5.91 Å². The summed E-state index contributed by atoms with van der Waals surface area (Å²) in [7, 11) is 0. The van der Waals surface area contributed by atoms with Gasteiger partial charge in [0.15, 0.2) is 0 Å². The summed E-state index contributed by atoms with van der Waals surface area (Å²) in [4.78, 5) is 22.6. The second-order valence-electron chi connectivity index (χ2n) is 4.89. The third-order valence-corrected chi connectivity index (χ3v) is 3.28. The minimum Gasteiger partial charge on any atom is -0.477 e. The Balaban J connectivity index is 1.67. The highest BCUT2D eigenvalue weighted by molar-refractivity contribution is 5.85. The van der Waals surface area contributed by atoms with Gasteiger partial charge in [0.25, 0.3) is 0 Å². The van der Waals surface area contributed by atoms with Gasteiger partial charge in [0.1, 0.15) is 5.69 Å². The van der Waals surface area contributed by atoms with Gasteiger partial charge in [0, 0.05) is 37.6 Å². The Bertz CT molecular complexity index is 646. The summed E-state index contributed by atoms with van der Waals surface area (Å²) >= 11 is 0. The third-order valence-electron chi connectivity index (χ3n) is 3.28. The van der Waals surface area contributed by atoms with Crippen LogP contribution in [0.4, 0.5) is 0 Å². The van der Waals surface area contributed by atoms with E-state index in [9.17, 15) is 9.59 Å². The zero-order chi connectivity index (χ0) is 15.9. The lowest BCUT2D eigenvalue weighted by molar-refractivity contribution is -0.121. The molecule has 2 aromatic heterocycles. The van der Waals surface area contributed by atoms with Gasteiger partial charge in [-0.1, -0.05) is 0 Å². The number of carboxylic acid groups (broad SMARTS) is 1. The van der Waals surface area contributed by atoms with Gasteiger partial charge in [0.05, 0.1) is 6.54 Å².